The lowest BCUT2D eigenvalue weighted by molar-refractivity contribution is -0.116. The van der Waals surface area contributed by atoms with E-state index in [1.165, 1.54) is 11.3 Å². The van der Waals surface area contributed by atoms with Gasteiger partial charge in [-0.05, 0) is 72.8 Å². The van der Waals surface area contributed by atoms with Gasteiger partial charge in [0.2, 0.25) is 5.91 Å². The van der Waals surface area contributed by atoms with Gasteiger partial charge in [0.05, 0.1) is 17.7 Å². The van der Waals surface area contributed by atoms with Gasteiger partial charge in [-0.15, -0.1) is 11.3 Å². The number of carbonyl (C=O) groups excluding carboxylic acids is 2. The molecule has 0 radical (unpaired) electrons. The first kappa shape index (κ1) is 26.3. The Morgan fingerprint density at radius 2 is 1.85 bits per heavy atom. The average molecular weight is 565 g/mol. The minimum Gasteiger partial charge on any atom is -0.492 e. The van der Waals surface area contributed by atoms with Crippen LogP contribution in [-0.4, -0.2) is 25.1 Å². The van der Waals surface area contributed by atoms with Crippen LogP contribution in [0.3, 0.4) is 0 Å². The number of hydrogen-bond donors (Lipinski definition) is 1. The van der Waals surface area contributed by atoms with Crippen molar-refractivity contribution < 1.29 is 19.1 Å². The Hall–Kier alpha value is -2.35. The number of thiophene rings is 1. The average Bonchev–Trinajstić information content (AvgIpc) is 3.22. The second-order valence-electron chi connectivity index (χ2n) is 7.88. The maximum atomic E-state index is 12.7. The van der Waals surface area contributed by atoms with E-state index in [0.717, 1.165) is 32.3 Å². The summed E-state index contributed by atoms with van der Waals surface area (Å²) in [4.78, 5) is 25.3. The van der Waals surface area contributed by atoms with Gasteiger partial charge in [0, 0.05) is 22.4 Å². The normalized spacial score (nSPS) is 10.8. The molecule has 1 N–H and O–H groups in total. The number of carbonyl (C=O) groups is 2. The van der Waals surface area contributed by atoms with Crippen LogP contribution in [-0.2, 0) is 9.53 Å². The molecule has 0 aliphatic heterocycles. The van der Waals surface area contributed by atoms with Crippen molar-refractivity contribution in [3.05, 3.63) is 67.5 Å². The molecular formula is C26H27BrClNO4S. The van der Waals surface area contributed by atoms with Gasteiger partial charge in [-0.3, -0.25) is 4.79 Å². The van der Waals surface area contributed by atoms with Gasteiger partial charge >= 0.3 is 5.97 Å². The maximum Gasteiger partial charge on any atom is 0.341 e. The highest BCUT2D eigenvalue weighted by Crippen LogP contribution is 2.37. The molecule has 3 rings (SSSR count). The quantitative estimate of drug-likeness (QED) is 0.213. The molecule has 0 aliphatic carbocycles. The molecule has 1 heterocycles. The van der Waals surface area contributed by atoms with E-state index in [-0.39, 0.29) is 18.9 Å². The van der Waals surface area contributed by atoms with Crippen molar-refractivity contribution in [3.8, 4) is 16.9 Å². The molecule has 34 heavy (non-hydrogen) atoms. The van der Waals surface area contributed by atoms with Crippen LogP contribution < -0.4 is 10.1 Å². The lowest BCUT2D eigenvalue weighted by Gasteiger charge is -2.13. The van der Waals surface area contributed by atoms with Gasteiger partial charge in [-0.1, -0.05) is 41.4 Å². The molecule has 1 aromatic heterocycles. The molecule has 2 aromatic carbocycles. The standard InChI is InChI=1S/C26H27BrClNO4S/c1-5-32-26(31)22-19(18-10-8-15(2)9-11-18)14-34-25(22)29-21(30)7-6-12-33-20-13-16(3)24(28)17(4)23(20)27/h8-11,13-14H,5-7,12H2,1-4H3,(H,29,30). The third-order valence-electron chi connectivity index (χ3n) is 5.26. The van der Waals surface area contributed by atoms with Crippen LogP contribution in [0.1, 0.15) is 46.8 Å². The van der Waals surface area contributed by atoms with Crippen LogP contribution in [0.15, 0.2) is 40.2 Å². The van der Waals surface area contributed by atoms with E-state index in [4.69, 9.17) is 21.1 Å². The Balaban J connectivity index is 1.65. The Labute approximate surface area is 217 Å². The smallest absolute Gasteiger partial charge is 0.341 e. The van der Waals surface area contributed by atoms with Crippen molar-refractivity contribution in [1.29, 1.82) is 0 Å². The number of halogens is 2. The first-order valence-corrected chi connectivity index (χ1v) is 13.0. The Kier molecular flexibility index (Phi) is 9.17. The third kappa shape index (κ3) is 6.20. The summed E-state index contributed by atoms with van der Waals surface area (Å²) in [5, 5.41) is 5.95. The minimum absolute atomic E-state index is 0.186. The molecule has 1 amide bonds. The molecule has 5 nitrogen and oxygen atoms in total. The van der Waals surface area contributed by atoms with E-state index in [2.05, 4.69) is 21.2 Å². The van der Waals surface area contributed by atoms with E-state index >= 15 is 0 Å². The fourth-order valence-corrected chi connectivity index (χ4v) is 5.07. The van der Waals surface area contributed by atoms with E-state index in [1.807, 2.05) is 56.5 Å². The van der Waals surface area contributed by atoms with Gasteiger partial charge in [-0.2, -0.15) is 0 Å². The number of nitrogens with one attached hydrogen (secondary N) is 1. The number of benzene rings is 2. The third-order valence-corrected chi connectivity index (χ3v) is 7.72. The molecule has 0 saturated carbocycles. The predicted molar refractivity (Wildman–Crippen MR) is 142 cm³/mol. The summed E-state index contributed by atoms with van der Waals surface area (Å²) >= 11 is 11.1. The molecule has 8 heteroatoms. The van der Waals surface area contributed by atoms with Gasteiger partial charge in [0.1, 0.15) is 16.3 Å². The first-order valence-electron chi connectivity index (χ1n) is 11.0. The van der Waals surface area contributed by atoms with E-state index in [1.54, 1.807) is 6.92 Å². The van der Waals surface area contributed by atoms with Crippen LogP contribution in [0, 0.1) is 20.8 Å². The second-order valence-corrected chi connectivity index (χ2v) is 9.94. The highest BCUT2D eigenvalue weighted by molar-refractivity contribution is 9.10. The van der Waals surface area contributed by atoms with Crippen molar-refractivity contribution in [2.75, 3.05) is 18.5 Å². The maximum absolute atomic E-state index is 12.7. The molecule has 3 aromatic rings. The first-order chi connectivity index (χ1) is 16.2. The summed E-state index contributed by atoms with van der Waals surface area (Å²) in [6.07, 6.45) is 0.771. The summed E-state index contributed by atoms with van der Waals surface area (Å²) in [6, 6.07) is 9.77. The molecule has 0 unspecified atom stereocenters. The zero-order chi connectivity index (χ0) is 24.8. The number of anilines is 1. The molecule has 0 bridgehead atoms. The summed E-state index contributed by atoms with van der Waals surface area (Å²) in [6.45, 7) is 8.24. The fourth-order valence-electron chi connectivity index (χ4n) is 3.41. The zero-order valence-electron chi connectivity index (χ0n) is 19.6. The van der Waals surface area contributed by atoms with Crippen molar-refractivity contribution in [1.82, 2.24) is 0 Å². The van der Waals surface area contributed by atoms with Crippen LogP contribution in [0.2, 0.25) is 5.02 Å². The summed E-state index contributed by atoms with van der Waals surface area (Å²) in [5.41, 5.74) is 5.02. The van der Waals surface area contributed by atoms with Gasteiger partial charge in [0.25, 0.3) is 0 Å². The summed E-state index contributed by atoms with van der Waals surface area (Å²) < 4.78 is 11.9. The number of esters is 1. The van der Waals surface area contributed by atoms with Crippen LogP contribution in [0.4, 0.5) is 5.00 Å². The zero-order valence-corrected chi connectivity index (χ0v) is 22.7. The van der Waals surface area contributed by atoms with Crippen molar-refractivity contribution in [3.63, 3.8) is 0 Å². The summed E-state index contributed by atoms with van der Waals surface area (Å²) in [7, 11) is 0. The molecule has 180 valence electrons. The number of hydrogen-bond acceptors (Lipinski definition) is 5. The SMILES string of the molecule is CCOC(=O)c1c(-c2ccc(C)cc2)csc1NC(=O)CCCOc1cc(C)c(Cl)c(C)c1Br. The van der Waals surface area contributed by atoms with Crippen molar-refractivity contribution in [2.45, 2.75) is 40.5 Å². The topological polar surface area (TPSA) is 64.6 Å². The van der Waals surface area contributed by atoms with Gasteiger partial charge in [0.15, 0.2) is 0 Å². The Morgan fingerprint density at radius 3 is 2.53 bits per heavy atom. The highest BCUT2D eigenvalue weighted by Gasteiger charge is 2.22. The lowest BCUT2D eigenvalue weighted by atomic mass is 10.0. The highest BCUT2D eigenvalue weighted by atomic mass is 79.9. The molecule has 0 saturated heterocycles. The fraction of sp³-hybridized carbons (Fsp3) is 0.308. The number of aryl methyl sites for hydroxylation is 2. The summed E-state index contributed by atoms with van der Waals surface area (Å²) in [5.74, 6) is 0.0654. The van der Waals surface area contributed by atoms with Crippen LogP contribution >= 0.6 is 38.9 Å². The van der Waals surface area contributed by atoms with Crippen LogP contribution in [0.5, 0.6) is 5.75 Å². The Bertz CT molecular complexity index is 1190. The number of amides is 1. The predicted octanol–water partition coefficient (Wildman–Crippen LogP) is 7.73. The van der Waals surface area contributed by atoms with E-state index < -0.39 is 5.97 Å². The van der Waals surface area contributed by atoms with Crippen molar-refractivity contribution >= 4 is 55.7 Å². The molecule has 0 atom stereocenters. The second kappa shape index (κ2) is 11.9. The molecule has 0 fully saturated rings. The number of ether oxygens (including phenoxy) is 2. The van der Waals surface area contributed by atoms with Gasteiger partial charge < -0.3 is 14.8 Å². The minimum atomic E-state index is -0.448. The largest absolute Gasteiger partial charge is 0.492 e. The number of rotatable bonds is 9. The Morgan fingerprint density at radius 1 is 1.15 bits per heavy atom. The molecule has 0 spiro atoms. The van der Waals surface area contributed by atoms with E-state index in [9.17, 15) is 9.59 Å². The van der Waals surface area contributed by atoms with Crippen LogP contribution in [0.25, 0.3) is 11.1 Å². The lowest BCUT2D eigenvalue weighted by Crippen LogP contribution is -2.15. The van der Waals surface area contributed by atoms with Gasteiger partial charge in [-0.25, -0.2) is 4.79 Å². The van der Waals surface area contributed by atoms with E-state index in [0.29, 0.717) is 34.4 Å². The molecular weight excluding hydrogens is 538 g/mol. The van der Waals surface area contributed by atoms with Crippen molar-refractivity contribution in [2.24, 2.45) is 0 Å². The molecule has 0 aliphatic rings. The monoisotopic (exact) mass is 563 g/mol.